The van der Waals surface area contributed by atoms with Crippen molar-refractivity contribution in [2.24, 2.45) is 11.7 Å². The zero-order valence-corrected chi connectivity index (χ0v) is 14.0. The van der Waals surface area contributed by atoms with Gasteiger partial charge in [0.25, 0.3) is 0 Å². The van der Waals surface area contributed by atoms with E-state index in [1.165, 1.54) is 26.4 Å². The van der Waals surface area contributed by atoms with Gasteiger partial charge in [-0.15, -0.1) is 0 Å². The molecule has 1 rings (SSSR count). The van der Waals surface area contributed by atoms with Crippen molar-refractivity contribution >= 4 is 10.0 Å². The van der Waals surface area contributed by atoms with Crippen molar-refractivity contribution in [3.63, 3.8) is 0 Å². The van der Waals surface area contributed by atoms with Gasteiger partial charge >= 0.3 is 0 Å². The first-order chi connectivity index (χ1) is 9.76. The maximum atomic E-state index is 12.4. The summed E-state index contributed by atoms with van der Waals surface area (Å²) in [5.41, 5.74) is 6.24. The van der Waals surface area contributed by atoms with Crippen molar-refractivity contribution in [3.05, 3.63) is 17.7 Å². The second-order valence-corrected chi connectivity index (χ2v) is 6.89. The second-order valence-electron chi connectivity index (χ2n) is 5.18. The first kappa shape index (κ1) is 17.7. The van der Waals surface area contributed by atoms with E-state index in [2.05, 4.69) is 4.72 Å². The van der Waals surface area contributed by atoms with Crippen LogP contribution in [0.1, 0.15) is 26.3 Å². The lowest BCUT2D eigenvalue weighted by molar-refractivity contribution is 0.350. The highest BCUT2D eigenvalue weighted by Crippen LogP contribution is 2.34. The SMILES string of the molecule is COc1cc(S(=O)(=O)NC(C)C(C)C)cc(CN)c1OC. The fourth-order valence-corrected chi connectivity index (χ4v) is 3.23. The van der Waals surface area contributed by atoms with Gasteiger partial charge in [-0.2, -0.15) is 0 Å². The maximum absolute atomic E-state index is 12.4. The summed E-state index contributed by atoms with van der Waals surface area (Å²) in [6, 6.07) is 2.77. The molecule has 1 aromatic rings. The summed E-state index contributed by atoms with van der Waals surface area (Å²) < 4.78 is 37.9. The van der Waals surface area contributed by atoms with Crippen LogP contribution < -0.4 is 19.9 Å². The Kier molecular flexibility index (Phi) is 6.00. The number of nitrogens with two attached hydrogens (primary N) is 1. The minimum absolute atomic E-state index is 0.119. The molecule has 0 aromatic heterocycles. The molecule has 1 atom stereocenters. The van der Waals surface area contributed by atoms with Gasteiger partial charge in [-0.1, -0.05) is 13.8 Å². The summed E-state index contributed by atoms with van der Waals surface area (Å²) in [4.78, 5) is 0.119. The highest BCUT2D eigenvalue weighted by atomic mass is 32.2. The van der Waals surface area contributed by atoms with Gasteiger partial charge in [0.1, 0.15) is 0 Å². The Morgan fingerprint density at radius 3 is 2.24 bits per heavy atom. The van der Waals surface area contributed by atoms with E-state index in [4.69, 9.17) is 15.2 Å². The third-order valence-corrected chi connectivity index (χ3v) is 4.94. The summed E-state index contributed by atoms with van der Waals surface area (Å²) in [6.45, 7) is 5.88. The van der Waals surface area contributed by atoms with Crippen molar-refractivity contribution in [1.82, 2.24) is 4.72 Å². The van der Waals surface area contributed by atoms with Crippen LogP contribution in [0, 0.1) is 5.92 Å². The van der Waals surface area contributed by atoms with Crippen LogP contribution in [0.2, 0.25) is 0 Å². The summed E-state index contributed by atoms with van der Waals surface area (Å²) >= 11 is 0. The van der Waals surface area contributed by atoms with Crippen LogP contribution in [0.5, 0.6) is 11.5 Å². The van der Waals surface area contributed by atoms with Crippen molar-refractivity contribution in [2.75, 3.05) is 14.2 Å². The quantitative estimate of drug-likeness (QED) is 0.795. The molecule has 0 fully saturated rings. The predicted molar refractivity (Wildman–Crippen MR) is 82.1 cm³/mol. The third-order valence-electron chi connectivity index (χ3n) is 3.40. The van der Waals surface area contributed by atoms with Crippen LogP contribution in [-0.4, -0.2) is 28.7 Å². The van der Waals surface area contributed by atoms with E-state index in [1.807, 2.05) is 20.8 Å². The number of methoxy groups -OCH3 is 2. The van der Waals surface area contributed by atoms with E-state index in [0.29, 0.717) is 17.1 Å². The van der Waals surface area contributed by atoms with Gasteiger partial charge in [-0.25, -0.2) is 13.1 Å². The summed E-state index contributed by atoms with van der Waals surface area (Å²) in [5.74, 6) is 0.989. The van der Waals surface area contributed by atoms with E-state index in [9.17, 15) is 8.42 Å². The average molecular weight is 316 g/mol. The molecule has 0 aliphatic carbocycles. The topological polar surface area (TPSA) is 90.7 Å². The maximum Gasteiger partial charge on any atom is 0.240 e. The molecule has 1 aromatic carbocycles. The van der Waals surface area contributed by atoms with E-state index in [1.54, 1.807) is 0 Å². The molecule has 21 heavy (non-hydrogen) atoms. The molecular formula is C14H24N2O4S. The lowest BCUT2D eigenvalue weighted by Gasteiger charge is -2.19. The number of sulfonamides is 1. The Morgan fingerprint density at radius 2 is 1.81 bits per heavy atom. The minimum Gasteiger partial charge on any atom is -0.493 e. The number of benzene rings is 1. The van der Waals surface area contributed by atoms with E-state index in [-0.39, 0.29) is 23.4 Å². The minimum atomic E-state index is -3.64. The first-order valence-corrected chi connectivity index (χ1v) is 8.22. The van der Waals surface area contributed by atoms with E-state index >= 15 is 0 Å². The average Bonchev–Trinajstić information content (AvgIpc) is 2.44. The summed E-state index contributed by atoms with van der Waals surface area (Å²) in [5, 5.41) is 0. The van der Waals surface area contributed by atoms with Gasteiger partial charge in [0.15, 0.2) is 11.5 Å². The molecule has 0 amide bonds. The van der Waals surface area contributed by atoms with Crippen LogP contribution in [0.4, 0.5) is 0 Å². The molecule has 0 saturated heterocycles. The number of hydrogen-bond acceptors (Lipinski definition) is 5. The number of rotatable bonds is 7. The molecule has 0 aliphatic rings. The van der Waals surface area contributed by atoms with Gasteiger partial charge < -0.3 is 15.2 Å². The molecule has 120 valence electrons. The molecule has 0 saturated carbocycles. The smallest absolute Gasteiger partial charge is 0.240 e. The Balaban J connectivity index is 3.30. The van der Waals surface area contributed by atoms with Gasteiger partial charge in [-0.05, 0) is 18.9 Å². The normalized spacial score (nSPS) is 13.3. The molecule has 0 bridgehead atoms. The molecule has 0 aliphatic heterocycles. The molecule has 7 heteroatoms. The highest BCUT2D eigenvalue weighted by Gasteiger charge is 2.22. The van der Waals surface area contributed by atoms with Crippen LogP contribution >= 0.6 is 0 Å². The number of nitrogens with one attached hydrogen (secondary N) is 1. The lowest BCUT2D eigenvalue weighted by atomic mass is 10.1. The zero-order chi connectivity index (χ0) is 16.2. The highest BCUT2D eigenvalue weighted by molar-refractivity contribution is 7.89. The molecule has 0 spiro atoms. The van der Waals surface area contributed by atoms with Gasteiger partial charge in [0.05, 0.1) is 19.1 Å². The Labute approximate surface area is 126 Å². The van der Waals surface area contributed by atoms with Crippen LogP contribution in [-0.2, 0) is 16.6 Å². The lowest BCUT2D eigenvalue weighted by Crippen LogP contribution is -2.36. The standard InChI is InChI=1S/C14H24N2O4S/c1-9(2)10(3)16-21(17,18)12-6-11(8-15)14(20-5)13(7-12)19-4/h6-7,9-10,16H,8,15H2,1-5H3. The predicted octanol–water partition coefficient (Wildman–Crippen LogP) is 1.49. The number of hydrogen-bond donors (Lipinski definition) is 2. The monoisotopic (exact) mass is 316 g/mol. The van der Waals surface area contributed by atoms with Crippen molar-refractivity contribution in [3.8, 4) is 11.5 Å². The van der Waals surface area contributed by atoms with Crippen LogP contribution in [0.25, 0.3) is 0 Å². The molecule has 3 N–H and O–H groups in total. The van der Waals surface area contributed by atoms with Crippen molar-refractivity contribution in [2.45, 2.75) is 38.3 Å². The largest absolute Gasteiger partial charge is 0.493 e. The Morgan fingerprint density at radius 1 is 1.19 bits per heavy atom. The fraction of sp³-hybridized carbons (Fsp3) is 0.571. The number of ether oxygens (including phenoxy) is 2. The first-order valence-electron chi connectivity index (χ1n) is 6.74. The van der Waals surface area contributed by atoms with Gasteiger partial charge in [0, 0.05) is 24.2 Å². The molecule has 0 radical (unpaired) electrons. The summed E-state index contributed by atoms with van der Waals surface area (Å²) in [6.07, 6.45) is 0. The fourth-order valence-electron chi connectivity index (χ4n) is 1.77. The molecule has 0 heterocycles. The molecule has 1 unspecified atom stereocenters. The second kappa shape index (κ2) is 7.11. The van der Waals surface area contributed by atoms with Gasteiger partial charge in [0.2, 0.25) is 10.0 Å². The zero-order valence-electron chi connectivity index (χ0n) is 13.1. The van der Waals surface area contributed by atoms with Crippen molar-refractivity contribution < 1.29 is 17.9 Å². The molecule has 6 nitrogen and oxygen atoms in total. The van der Waals surface area contributed by atoms with E-state index < -0.39 is 10.0 Å². The molecular weight excluding hydrogens is 292 g/mol. The Bertz CT molecular complexity index is 560. The van der Waals surface area contributed by atoms with Crippen LogP contribution in [0.3, 0.4) is 0 Å². The van der Waals surface area contributed by atoms with Crippen LogP contribution in [0.15, 0.2) is 17.0 Å². The van der Waals surface area contributed by atoms with Crippen molar-refractivity contribution in [1.29, 1.82) is 0 Å². The Hall–Kier alpha value is -1.31. The third kappa shape index (κ3) is 4.09. The van der Waals surface area contributed by atoms with Gasteiger partial charge in [-0.3, -0.25) is 0 Å². The summed E-state index contributed by atoms with van der Waals surface area (Å²) in [7, 11) is -0.688. The van der Waals surface area contributed by atoms with E-state index in [0.717, 1.165) is 0 Å².